The smallest absolute Gasteiger partial charge is 0.309 e. The van der Waals surface area contributed by atoms with Gasteiger partial charge in [0.05, 0.1) is 11.6 Å². The Labute approximate surface area is 143 Å². The Kier molecular flexibility index (Phi) is 5.32. The van der Waals surface area contributed by atoms with Crippen molar-refractivity contribution in [3.8, 4) is 0 Å². The van der Waals surface area contributed by atoms with Crippen molar-refractivity contribution >= 4 is 38.5 Å². The van der Waals surface area contributed by atoms with Gasteiger partial charge in [0.25, 0.3) is 0 Å². The highest BCUT2D eigenvalue weighted by Gasteiger charge is 2.30. The maximum atomic E-state index is 12.6. The van der Waals surface area contributed by atoms with E-state index in [9.17, 15) is 13.2 Å². The summed E-state index contributed by atoms with van der Waals surface area (Å²) in [6.45, 7) is 0. The summed E-state index contributed by atoms with van der Waals surface area (Å²) in [6.07, 6.45) is -4.31. The molecule has 1 nitrogen and oxygen atoms in total. The second-order valence-corrected chi connectivity index (χ2v) is 6.61. The lowest BCUT2D eigenvalue weighted by Crippen LogP contribution is -2.18. The van der Waals surface area contributed by atoms with E-state index in [0.29, 0.717) is 0 Å². The Morgan fingerprint density at radius 1 is 1.10 bits per heavy atom. The molecule has 0 spiro atoms. The molecule has 2 rings (SSSR count). The third-order valence-corrected chi connectivity index (χ3v) is 4.52. The van der Waals surface area contributed by atoms with E-state index in [2.05, 4.69) is 43.8 Å². The van der Waals surface area contributed by atoms with Crippen molar-refractivity contribution in [2.24, 2.45) is 0 Å². The van der Waals surface area contributed by atoms with E-state index in [1.807, 2.05) is 18.2 Å². The van der Waals surface area contributed by atoms with E-state index in [4.69, 9.17) is 0 Å². The fourth-order valence-corrected chi connectivity index (χ4v) is 3.09. The minimum absolute atomic E-state index is 0.170. The minimum atomic E-state index is -4.31. The lowest BCUT2D eigenvalue weighted by atomic mass is 9.98. The SMILES string of the molecule is CNC(c1ccc(C(F)(F)F)cc1)c1cc(I)ccc1Br. The number of benzene rings is 2. The van der Waals surface area contributed by atoms with Gasteiger partial charge < -0.3 is 5.32 Å². The summed E-state index contributed by atoms with van der Waals surface area (Å²) in [5.41, 5.74) is 1.14. The van der Waals surface area contributed by atoms with Crippen molar-refractivity contribution in [3.05, 3.63) is 67.2 Å². The van der Waals surface area contributed by atoms with E-state index in [1.54, 1.807) is 7.05 Å². The van der Waals surface area contributed by atoms with Crippen molar-refractivity contribution in [2.45, 2.75) is 12.2 Å². The minimum Gasteiger partial charge on any atom is -0.309 e. The predicted octanol–water partition coefficient (Wildman–Crippen LogP) is 5.38. The van der Waals surface area contributed by atoms with Gasteiger partial charge in [0.15, 0.2) is 0 Å². The first-order chi connectivity index (χ1) is 9.82. The van der Waals surface area contributed by atoms with Crippen LogP contribution in [-0.4, -0.2) is 7.05 Å². The average Bonchev–Trinajstić information content (AvgIpc) is 2.43. The molecule has 1 N–H and O–H groups in total. The first kappa shape index (κ1) is 16.8. The summed E-state index contributed by atoms with van der Waals surface area (Å²) in [6, 6.07) is 11.0. The molecule has 0 amide bonds. The lowest BCUT2D eigenvalue weighted by molar-refractivity contribution is -0.137. The second kappa shape index (κ2) is 6.66. The van der Waals surface area contributed by atoms with Gasteiger partial charge in [-0.1, -0.05) is 28.1 Å². The van der Waals surface area contributed by atoms with Crippen molar-refractivity contribution in [1.82, 2.24) is 5.32 Å². The van der Waals surface area contributed by atoms with Gasteiger partial charge in [-0.2, -0.15) is 13.2 Å². The molecule has 2 aromatic carbocycles. The fraction of sp³-hybridized carbons (Fsp3) is 0.200. The van der Waals surface area contributed by atoms with Gasteiger partial charge in [-0.3, -0.25) is 0 Å². The van der Waals surface area contributed by atoms with Crippen LogP contribution in [0.15, 0.2) is 46.9 Å². The largest absolute Gasteiger partial charge is 0.416 e. The molecule has 0 radical (unpaired) electrons. The number of halogens is 5. The van der Waals surface area contributed by atoms with Crippen LogP contribution in [0, 0.1) is 3.57 Å². The molecule has 0 aliphatic carbocycles. The number of nitrogens with one attached hydrogen (secondary N) is 1. The van der Waals surface area contributed by atoms with Gasteiger partial charge in [0, 0.05) is 8.04 Å². The summed E-state index contributed by atoms with van der Waals surface area (Å²) < 4.78 is 39.8. The van der Waals surface area contributed by atoms with Crippen molar-refractivity contribution in [2.75, 3.05) is 7.05 Å². The number of hydrogen-bond donors (Lipinski definition) is 1. The van der Waals surface area contributed by atoms with E-state index < -0.39 is 11.7 Å². The number of hydrogen-bond acceptors (Lipinski definition) is 1. The Hall–Kier alpha value is -0.600. The van der Waals surface area contributed by atoms with Gasteiger partial charge in [0.1, 0.15) is 0 Å². The third kappa shape index (κ3) is 3.98. The maximum Gasteiger partial charge on any atom is 0.416 e. The van der Waals surface area contributed by atoms with Crippen LogP contribution in [0.3, 0.4) is 0 Å². The van der Waals surface area contributed by atoms with Crippen molar-refractivity contribution < 1.29 is 13.2 Å². The van der Waals surface area contributed by atoms with E-state index in [-0.39, 0.29) is 6.04 Å². The molecule has 0 aliphatic heterocycles. The molecule has 1 atom stereocenters. The van der Waals surface area contributed by atoms with Crippen LogP contribution in [-0.2, 0) is 6.18 Å². The summed E-state index contributed by atoms with van der Waals surface area (Å²) in [7, 11) is 1.79. The molecular formula is C15H12BrF3IN. The molecule has 6 heteroatoms. The first-order valence-electron chi connectivity index (χ1n) is 6.12. The highest BCUT2D eigenvalue weighted by atomic mass is 127. The Morgan fingerprint density at radius 2 is 1.71 bits per heavy atom. The summed E-state index contributed by atoms with van der Waals surface area (Å²) >= 11 is 5.70. The average molecular weight is 470 g/mol. The van der Waals surface area contributed by atoms with Gasteiger partial charge in [-0.05, 0) is 71.1 Å². The standard InChI is InChI=1S/C15H12BrF3IN/c1-21-14(12-8-11(20)6-7-13(12)16)9-2-4-10(5-3-9)15(17,18)19/h2-8,14,21H,1H3. The molecule has 0 saturated heterocycles. The topological polar surface area (TPSA) is 12.0 Å². The number of rotatable bonds is 3. The quantitative estimate of drug-likeness (QED) is 0.595. The van der Waals surface area contributed by atoms with Crippen LogP contribution in [0.1, 0.15) is 22.7 Å². The molecule has 0 fully saturated rings. The molecule has 0 aromatic heterocycles. The summed E-state index contributed by atoms with van der Waals surface area (Å²) in [5.74, 6) is 0. The van der Waals surface area contributed by atoms with Gasteiger partial charge in [0.2, 0.25) is 0 Å². The zero-order valence-electron chi connectivity index (χ0n) is 11.0. The Morgan fingerprint density at radius 3 is 2.24 bits per heavy atom. The van der Waals surface area contributed by atoms with Crippen LogP contribution < -0.4 is 5.32 Å². The lowest BCUT2D eigenvalue weighted by Gasteiger charge is -2.20. The summed E-state index contributed by atoms with van der Waals surface area (Å²) in [4.78, 5) is 0. The van der Waals surface area contributed by atoms with Gasteiger partial charge >= 0.3 is 6.18 Å². The van der Waals surface area contributed by atoms with Crippen LogP contribution in [0.25, 0.3) is 0 Å². The van der Waals surface area contributed by atoms with Crippen LogP contribution in [0.2, 0.25) is 0 Å². The predicted molar refractivity (Wildman–Crippen MR) is 89.2 cm³/mol. The molecule has 2 aromatic rings. The van der Waals surface area contributed by atoms with Crippen LogP contribution in [0.5, 0.6) is 0 Å². The molecule has 0 aliphatic rings. The molecule has 0 bridgehead atoms. The third-order valence-electron chi connectivity index (χ3n) is 3.13. The van der Waals surface area contributed by atoms with Gasteiger partial charge in [-0.15, -0.1) is 0 Å². The highest BCUT2D eigenvalue weighted by molar-refractivity contribution is 14.1. The van der Waals surface area contributed by atoms with Crippen LogP contribution >= 0.6 is 38.5 Å². The second-order valence-electron chi connectivity index (χ2n) is 4.51. The first-order valence-corrected chi connectivity index (χ1v) is 7.99. The van der Waals surface area contributed by atoms with Crippen LogP contribution in [0.4, 0.5) is 13.2 Å². The Bertz CT molecular complexity index is 626. The molecule has 0 saturated carbocycles. The van der Waals surface area contributed by atoms with Gasteiger partial charge in [-0.25, -0.2) is 0 Å². The molecule has 1 unspecified atom stereocenters. The zero-order chi connectivity index (χ0) is 15.6. The van der Waals surface area contributed by atoms with E-state index >= 15 is 0 Å². The summed E-state index contributed by atoms with van der Waals surface area (Å²) in [5, 5.41) is 3.15. The molecule has 21 heavy (non-hydrogen) atoms. The molecule has 112 valence electrons. The van der Waals surface area contributed by atoms with E-state index in [0.717, 1.165) is 31.3 Å². The number of alkyl halides is 3. The molecular weight excluding hydrogens is 458 g/mol. The Balaban J connectivity index is 2.40. The monoisotopic (exact) mass is 469 g/mol. The van der Waals surface area contributed by atoms with Crippen molar-refractivity contribution in [3.63, 3.8) is 0 Å². The molecule has 0 heterocycles. The maximum absolute atomic E-state index is 12.6. The van der Waals surface area contributed by atoms with Crippen molar-refractivity contribution in [1.29, 1.82) is 0 Å². The fourth-order valence-electron chi connectivity index (χ4n) is 2.10. The highest BCUT2D eigenvalue weighted by Crippen LogP contribution is 2.33. The normalized spacial score (nSPS) is 13.2. The van der Waals surface area contributed by atoms with E-state index in [1.165, 1.54) is 12.1 Å². The zero-order valence-corrected chi connectivity index (χ0v) is 14.8.